The second-order valence-corrected chi connectivity index (χ2v) is 7.72. The average Bonchev–Trinajstić information content (AvgIpc) is 3.31. The van der Waals surface area contributed by atoms with E-state index in [9.17, 15) is 4.79 Å². The van der Waals surface area contributed by atoms with Crippen molar-refractivity contribution in [3.63, 3.8) is 0 Å². The Morgan fingerprint density at radius 3 is 2.96 bits per heavy atom. The molecule has 0 aromatic carbocycles. The van der Waals surface area contributed by atoms with Gasteiger partial charge in [0.05, 0.1) is 11.7 Å². The second kappa shape index (κ2) is 8.27. The van der Waals surface area contributed by atoms with E-state index in [0.717, 1.165) is 58.0 Å². The summed E-state index contributed by atoms with van der Waals surface area (Å²) in [5.74, 6) is 0.712. The van der Waals surface area contributed by atoms with E-state index in [-0.39, 0.29) is 5.91 Å². The van der Waals surface area contributed by atoms with Crippen LogP contribution in [0, 0.1) is 5.92 Å². The van der Waals surface area contributed by atoms with Crippen LogP contribution in [0.15, 0.2) is 30.6 Å². The van der Waals surface area contributed by atoms with Gasteiger partial charge >= 0.3 is 0 Å². The Kier molecular flexibility index (Phi) is 5.59. The fraction of sp³-hybridized carbons (Fsp3) is 0.600. The number of carbonyl (C=O) groups is 1. The van der Waals surface area contributed by atoms with Crippen molar-refractivity contribution in [3.8, 4) is 0 Å². The second-order valence-electron chi connectivity index (χ2n) is 7.72. The normalized spacial score (nSPS) is 21.1. The van der Waals surface area contributed by atoms with E-state index in [1.807, 2.05) is 36.1 Å². The Labute approximate surface area is 160 Å². The minimum atomic E-state index is -0.0157. The lowest BCUT2D eigenvalue weighted by Gasteiger charge is -2.36. The third-order valence-electron chi connectivity index (χ3n) is 5.75. The van der Waals surface area contributed by atoms with Gasteiger partial charge in [-0.05, 0) is 43.4 Å². The van der Waals surface area contributed by atoms with Crippen LogP contribution in [-0.4, -0.2) is 58.0 Å². The first-order valence-corrected chi connectivity index (χ1v) is 9.92. The maximum atomic E-state index is 12.3. The van der Waals surface area contributed by atoms with Crippen molar-refractivity contribution in [2.24, 2.45) is 13.0 Å². The molecule has 4 heterocycles. The number of nitrogens with one attached hydrogen (secondary N) is 1. The monoisotopic (exact) mass is 371 g/mol. The van der Waals surface area contributed by atoms with Crippen molar-refractivity contribution in [2.75, 3.05) is 32.8 Å². The number of rotatable bonds is 6. The molecule has 0 radical (unpaired) electrons. The van der Waals surface area contributed by atoms with Gasteiger partial charge in [0, 0.05) is 58.8 Å². The van der Waals surface area contributed by atoms with Crippen molar-refractivity contribution in [3.05, 3.63) is 42.0 Å². The summed E-state index contributed by atoms with van der Waals surface area (Å²) < 4.78 is 9.49. The molecule has 0 bridgehead atoms. The fourth-order valence-electron chi connectivity index (χ4n) is 4.25. The van der Waals surface area contributed by atoms with E-state index >= 15 is 0 Å². The van der Waals surface area contributed by atoms with Gasteiger partial charge in [-0.1, -0.05) is 0 Å². The van der Waals surface area contributed by atoms with Crippen molar-refractivity contribution >= 4 is 5.91 Å². The zero-order valence-corrected chi connectivity index (χ0v) is 16.0. The number of nitrogens with zero attached hydrogens (tertiary/aromatic N) is 4. The van der Waals surface area contributed by atoms with E-state index in [2.05, 4.69) is 26.1 Å². The van der Waals surface area contributed by atoms with Crippen LogP contribution in [0.3, 0.4) is 0 Å². The van der Waals surface area contributed by atoms with E-state index in [1.54, 1.807) is 0 Å². The summed E-state index contributed by atoms with van der Waals surface area (Å²) in [4.78, 5) is 14.9. The first kappa shape index (κ1) is 18.3. The minimum Gasteiger partial charge on any atom is -0.381 e. The van der Waals surface area contributed by atoms with Gasteiger partial charge in [-0.2, -0.15) is 5.10 Å². The predicted octanol–water partition coefficient (Wildman–Crippen LogP) is 1.82. The molecule has 2 aliphatic heterocycles. The van der Waals surface area contributed by atoms with Crippen molar-refractivity contribution in [1.82, 2.24) is 24.6 Å². The molecule has 0 unspecified atom stereocenters. The molecule has 2 aliphatic rings. The molecule has 1 saturated heterocycles. The number of fused-ring (bicyclic) bond motifs is 1. The first-order valence-electron chi connectivity index (χ1n) is 9.92. The van der Waals surface area contributed by atoms with E-state index in [0.29, 0.717) is 18.3 Å². The molecule has 1 atom stereocenters. The molecule has 2 aromatic rings. The third-order valence-corrected chi connectivity index (χ3v) is 5.75. The number of carbonyl (C=O) groups excluding carboxylic acids is 1. The van der Waals surface area contributed by atoms with Crippen LogP contribution in [0.4, 0.5) is 0 Å². The lowest BCUT2D eigenvalue weighted by atomic mass is 9.98. The quantitative estimate of drug-likeness (QED) is 0.841. The zero-order chi connectivity index (χ0) is 18.6. The Hall–Kier alpha value is -2.12. The average molecular weight is 371 g/mol. The fourth-order valence-corrected chi connectivity index (χ4v) is 4.25. The number of hydrogen-bond acceptors (Lipinski definition) is 4. The minimum absolute atomic E-state index is 0.0157. The van der Waals surface area contributed by atoms with Crippen LogP contribution < -0.4 is 5.32 Å². The molecule has 1 N–H and O–H groups in total. The third kappa shape index (κ3) is 4.25. The van der Waals surface area contributed by atoms with Crippen LogP contribution in [-0.2, 0) is 18.3 Å². The summed E-state index contributed by atoms with van der Waals surface area (Å²) in [6.45, 7) is 5.52. The molecule has 0 spiro atoms. The highest BCUT2D eigenvalue weighted by Gasteiger charge is 2.27. The molecule has 2 aromatic heterocycles. The SMILES string of the molecule is Cn1cccc1C(=O)NCC[C@@H]1CN(CC2CCOCC2)Cc2ccnn21. The summed E-state index contributed by atoms with van der Waals surface area (Å²) in [6.07, 6.45) is 6.98. The van der Waals surface area contributed by atoms with Crippen LogP contribution in [0.25, 0.3) is 0 Å². The van der Waals surface area contributed by atoms with E-state index < -0.39 is 0 Å². The zero-order valence-electron chi connectivity index (χ0n) is 16.0. The van der Waals surface area contributed by atoms with Gasteiger partial charge in [-0.3, -0.25) is 14.4 Å². The molecule has 146 valence electrons. The summed E-state index contributed by atoms with van der Waals surface area (Å²) in [7, 11) is 1.89. The highest BCUT2D eigenvalue weighted by molar-refractivity contribution is 5.92. The Balaban J connectivity index is 1.33. The lowest BCUT2D eigenvalue weighted by molar-refractivity contribution is 0.0443. The molecule has 27 heavy (non-hydrogen) atoms. The van der Waals surface area contributed by atoms with Crippen LogP contribution in [0.5, 0.6) is 0 Å². The van der Waals surface area contributed by atoms with Crippen LogP contribution >= 0.6 is 0 Å². The summed E-state index contributed by atoms with van der Waals surface area (Å²) >= 11 is 0. The standard InChI is InChI=1S/C20H29N5O2/c1-23-10-2-3-19(23)20(26)21-8-4-17-14-24(13-16-6-11-27-12-7-16)15-18-5-9-22-25(17)18/h2-3,5,9-10,16-17H,4,6-8,11-15H2,1H3,(H,21,26)/t17-/m1/s1. The number of aryl methyl sites for hydroxylation is 1. The molecular formula is C20H29N5O2. The van der Waals surface area contributed by atoms with Gasteiger partial charge in [0.15, 0.2) is 0 Å². The highest BCUT2D eigenvalue weighted by atomic mass is 16.5. The van der Waals surface area contributed by atoms with Gasteiger partial charge in [0.25, 0.3) is 5.91 Å². The van der Waals surface area contributed by atoms with Gasteiger partial charge in [-0.25, -0.2) is 0 Å². The van der Waals surface area contributed by atoms with Gasteiger partial charge in [-0.15, -0.1) is 0 Å². The smallest absolute Gasteiger partial charge is 0.267 e. The van der Waals surface area contributed by atoms with Crippen LogP contribution in [0.2, 0.25) is 0 Å². The van der Waals surface area contributed by atoms with E-state index in [4.69, 9.17) is 4.74 Å². The maximum Gasteiger partial charge on any atom is 0.267 e. The number of ether oxygens (including phenoxy) is 1. The number of aromatic nitrogens is 3. The Morgan fingerprint density at radius 1 is 1.33 bits per heavy atom. The van der Waals surface area contributed by atoms with Crippen molar-refractivity contribution in [2.45, 2.75) is 31.8 Å². The highest BCUT2D eigenvalue weighted by Crippen LogP contribution is 2.25. The summed E-state index contributed by atoms with van der Waals surface area (Å²) in [5.41, 5.74) is 1.96. The largest absolute Gasteiger partial charge is 0.381 e. The van der Waals surface area contributed by atoms with Crippen molar-refractivity contribution in [1.29, 1.82) is 0 Å². The molecule has 7 heteroatoms. The molecular weight excluding hydrogens is 342 g/mol. The topological polar surface area (TPSA) is 64.3 Å². The van der Waals surface area contributed by atoms with Crippen molar-refractivity contribution < 1.29 is 9.53 Å². The molecule has 1 fully saturated rings. The lowest BCUT2D eigenvalue weighted by Crippen LogP contribution is -2.42. The number of hydrogen-bond donors (Lipinski definition) is 1. The molecule has 0 saturated carbocycles. The van der Waals surface area contributed by atoms with E-state index in [1.165, 1.54) is 5.69 Å². The maximum absolute atomic E-state index is 12.3. The molecule has 1 amide bonds. The van der Waals surface area contributed by atoms with Gasteiger partial charge in [0.1, 0.15) is 5.69 Å². The first-order chi connectivity index (χ1) is 13.2. The molecule has 7 nitrogen and oxygen atoms in total. The molecule has 0 aliphatic carbocycles. The summed E-state index contributed by atoms with van der Waals surface area (Å²) in [6, 6.07) is 6.15. The van der Waals surface area contributed by atoms with Crippen LogP contribution in [0.1, 0.15) is 41.5 Å². The van der Waals surface area contributed by atoms with Gasteiger partial charge < -0.3 is 14.6 Å². The Morgan fingerprint density at radius 2 is 2.19 bits per heavy atom. The predicted molar refractivity (Wildman–Crippen MR) is 102 cm³/mol. The molecule has 4 rings (SSSR count). The summed E-state index contributed by atoms with van der Waals surface area (Å²) in [5, 5.41) is 7.59. The number of amides is 1. The Bertz CT molecular complexity index is 762. The van der Waals surface area contributed by atoms with Gasteiger partial charge in [0.2, 0.25) is 0 Å².